The van der Waals surface area contributed by atoms with E-state index in [1.54, 1.807) is 5.38 Å². The van der Waals surface area contributed by atoms with E-state index in [0.717, 1.165) is 0 Å². The van der Waals surface area contributed by atoms with Crippen LogP contribution in [0.5, 0.6) is 5.75 Å². The highest BCUT2D eigenvalue weighted by molar-refractivity contribution is 7.91. The first kappa shape index (κ1) is 21.6. The molecule has 1 aliphatic carbocycles. The molecule has 0 radical (unpaired) electrons. The average Bonchev–Trinajstić information content (AvgIpc) is 3.40. The lowest BCUT2D eigenvalue weighted by Gasteiger charge is -2.16. The molecule has 4 rings (SSSR count). The van der Waals surface area contributed by atoms with Gasteiger partial charge >= 0.3 is 6.16 Å². The first-order chi connectivity index (χ1) is 14.7. The van der Waals surface area contributed by atoms with Gasteiger partial charge in [-0.2, -0.15) is 0 Å². The standard InChI is InChI=1S/C18H15ClN2O8S2/c19-17-20-11(8-30-17)7-27-12-1-3-13(4-2-12)31(25,26)9-21(24)16(22)10-5-14-15(6-10)29-18(23)28-14/h1-5,8,14-15,24H,6-7,9H2. The summed E-state index contributed by atoms with van der Waals surface area (Å²) in [6.07, 6.45) is -0.824. The number of hydrogen-bond donors (Lipinski definition) is 1. The van der Waals surface area contributed by atoms with Gasteiger partial charge in [0.15, 0.2) is 32.4 Å². The van der Waals surface area contributed by atoms with Crippen LogP contribution >= 0.6 is 22.9 Å². The molecule has 0 bridgehead atoms. The van der Waals surface area contributed by atoms with E-state index in [0.29, 0.717) is 15.9 Å². The summed E-state index contributed by atoms with van der Waals surface area (Å²) in [5, 5.41) is 11.9. The highest BCUT2D eigenvalue weighted by Gasteiger charge is 2.42. The van der Waals surface area contributed by atoms with E-state index in [-0.39, 0.29) is 28.6 Å². The summed E-state index contributed by atoms with van der Waals surface area (Å²) in [5.41, 5.74) is 0.748. The summed E-state index contributed by atoms with van der Waals surface area (Å²) in [6, 6.07) is 5.53. The number of amides is 1. The predicted octanol–water partition coefficient (Wildman–Crippen LogP) is 2.56. The lowest BCUT2D eigenvalue weighted by atomic mass is 10.2. The van der Waals surface area contributed by atoms with E-state index in [1.807, 2.05) is 0 Å². The molecule has 2 atom stereocenters. The first-order valence-electron chi connectivity index (χ1n) is 8.85. The Morgan fingerprint density at radius 3 is 2.71 bits per heavy atom. The summed E-state index contributed by atoms with van der Waals surface area (Å²) < 4.78 is 40.8. The second kappa shape index (κ2) is 8.46. The molecule has 13 heteroatoms. The van der Waals surface area contributed by atoms with Crippen LogP contribution in [0.25, 0.3) is 0 Å². The van der Waals surface area contributed by atoms with E-state index >= 15 is 0 Å². The number of carbonyl (C=O) groups excluding carboxylic acids is 2. The van der Waals surface area contributed by atoms with Crippen LogP contribution in [0, 0.1) is 0 Å². The SMILES string of the molecule is O=C1OC2C=C(C(=O)N(O)CS(=O)(=O)c3ccc(OCc4csc(Cl)n4)cc3)CC2O1. The van der Waals surface area contributed by atoms with Crippen molar-refractivity contribution in [3.8, 4) is 5.75 Å². The lowest BCUT2D eigenvalue weighted by Crippen LogP contribution is -2.33. The smallest absolute Gasteiger partial charge is 0.487 e. The Labute approximate surface area is 185 Å². The number of benzene rings is 1. The van der Waals surface area contributed by atoms with Crippen LogP contribution in [0.3, 0.4) is 0 Å². The summed E-state index contributed by atoms with van der Waals surface area (Å²) in [4.78, 5) is 27.3. The van der Waals surface area contributed by atoms with Crippen LogP contribution in [0.4, 0.5) is 4.79 Å². The maximum absolute atomic E-state index is 12.6. The Morgan fingerprint density at radius 1 is 1.32 bits per heavy atom. The number of hydroxylamine groups is 2. The van der Waals surface area contributed by atoms with Gasteiger partial charge in [-0.15, -0.1) is 11.3 Å². The Hall–Kier alpha value is -2.67. The van der Waals surface area contributed by atoms with Crippen LogP contribution in [0.2, 0.25) is 4.47 Å². The van der Waals surface area contributed by atoms with Crippen molar-refractivity contribution in [1.29, 1.82) is 0 Å². The molecule has 10 nitrogen and oxygen atoms in total. The van der Waals surface area contributed by atoms with E-state index in [9.17, 15) is 23.2 Å². The van der Waals surface area contributed by atoms with Gasteiger partial charge in [-0.25, -0.2) is 23.3 Å². The number of thiazole rings is 1. The number of halogens is 1. The van der Waals surface area contributed by atoms with Crippen molar-refractivity contribution < 1.29 is 37.4 Å². The van der Waals surface area contributed by atoms with Gasteiger partial charge in [0, 0.05) is 17.4 Å². The number of sulfone groups is 1. The molecule has 2 aliphatic rings. The molecule has 164 valence electrons. The zero-order valence-corrected chi connectivity index (χ0v) is 18.0. The second-order valence-corrected chi connectivity index (χ2v) is 10.1. The summed E-state index contributed by atoms with van der Waals surface area (Å²) in [6.45, 7) is 0.171. The van der Waals surface area contributed by atoms with Crippen molar-refractivity contribution in [2.45, 2.75) is 30.1 Å². The number of carbonyl (C=O) groups is 2. The summed E-state index contributed by atoms with van der Waals surface area (Å²) >= 11 is 7.03. The minimum Gasteiger partial charge on any atom is -0.487 e. The molecule has 31 heavy (non-hydrogen) atoms. The third kappa shape index (κ3) is 4.82. The zero-order valence-electron chi connectivity index (χ0n) is 15.6. The lowest BCUT2D eigenvalue weighted by molar-refractivity contribution is -0.156. The van der Waals surface area contributed by atoms with E-state index in [1.165, 1.54) is 41.7 Å². The molecule has 1 aromatic heterocycles. The number of ether oxygens (including phenoxy) is 3. The summed E-state index contributed by atoms with van der Waals surface area (Å²) in [5.74, 6) is -1.44. The molecule has 2 aromatic rings. The molecule has 1 aromatic carbocycles. The minimum absolute atomic E-state index is 0.0303. The van der Waals surface area contributed by atoms with Gasteiger partial charge in [-0.05, 0) is 30.3 Å². The maximum atomic E-state index is 12.6. The van der Waals surface area contributed by atoms with Gasteiger partial charge < -0.3 is 14.2 Å². The van der Waals surface area contributed by atoms with Crippen molar-refractivity contribution in [1.82, 2.24) is 10.0 Å². The highest BCUT2D eigenvalue weighted by Crippen LogP contribution is 2.31. The second-order valence-electron chi connectivity index (χ2n) is 6.69. The van der Waals surface area contributed by atoms with Crippen molar-refractivity contribution in [3.63, 3.8) is 0 Å². The quantitative estimate of drug-likeness (QED) is 0.356. The van der Waals surface area contributed by atoms with Crippen LogP contribution in [-0.4, -0.2) is 53.8 Å². The van der Waals surface area contributed by atoms with Crippen LogP contribution < -0.4 is 4.74 Å². The molecule has 1 N–H and O–H groups in total. The number of fused-ring (bicyclic) bond motifs is 1. The molecule has 2 unspecified atom stereocenters. The summed E-state index contributed by atoms with van der Waals surface area (Å²) in [7, 11) is -4.01. The fourth-order valence-electron chi connectivity index (χ4n) is 3.06. The first-order valence-corrected chi connectivity index (χ1v) is 11.8. The minimum atomic E-state index is -4.01. The topological polar surface area (TPSA) is 132 Å². The van der Waals surface area contributed by atoms with Crippen LogP contribution in [0.15, 0.2) is 46.2 Å². The maximum Gasteiger partial charge on any atom is 0.509 e. The number of nitrogens with zero attached hydrogens (tertiary/aromatic N) is 2. The molecule has 0 spiro atoms. The van der Waals surface area contributed by atoms with Crippen molar-refractivity contribution in [3.05, 3.63) is 51.5 Å². The number of rotatable bonds is 7. The van der Waals surface area contributed by atoms with Crippen molar-refractivity contribution in [2.24, 2.45) is 0 Å². The third-order valence-corrected chi connectivity index (χ3v) is 7.13. The Balaban J connectivity index is 1.36. The third-order valence-electron chi connectivity index (χ3n) is 4.53. The molecule has 2 heterocycles. The Kier molecular flexibility index (Phi) is 5.88. The number of aromatic nitrogens is 1. The highest BCUT2D eigenvalue weighted by atomic mass is 35.5. The van der Waals surface area contributed by atoms with Gasteiger partial charge in [0.25, 0.3) is 5.91 Å². The molecular formula is C18H15ClN2O8S2. The van der Waals surface area contributed by atoms with Gasteiger partial charge in [0.1, 0.15) is 12.4 Å². The molecule has 0 saturated carbocycles. The zero-order chi connectivity index (χ0) is 22.2. The Morgan fingerprint density at radius 2 is 2.06 bits per heavy atom. The van der Waals surface area contributed by atoms with Gasteiger partial charge in [-0.1, -0.05) is 11.6 Å². The Bertz CT molecular complexity index is 1150. The van der Waals surface area contributed by atoms with Crippen LogP contribution in [0.1, 0.15) is 12.1 Å². The average molecular weight is 487 g/mol. The van der Waals surface area contributed by atoms with E-state index in [2.05, 4.69) is 4.98 Å². The van der Waals surface area contributed by atoms with Gasteiger partial charge in [0.2, 0.25) is 0 Å². The van der Waals surface area contributed by atoms with Crippen molar-refractivity contribution in [2.75, 3.05) is 5.88 Å². The molecular weight excluding hydrogens is 472 g/mol. The fraction of sp³-hybridized carbons (Fsp3) is 0.278. The largest absolute Gasteiger partial charge is 0.509 e. The van der Waals surface area contributed by atoms with E-state index in [4.69, 9.17) is 25.8 Å². The normalized spacial score (nSPS) is 19.9. The predicted molar refractivity (Wildman–Crippen MR) is 106 cm³/mol. The van der Waals surface area contributed by atoms with Gasteiger partial charge in [-0.3, -0.25) is 10.0 Å². The molecule has 1 amide bonds. The number of hydrogen-bond acceptors (Lipinski definition) is 10. The molecule has 1 fully saturated rings. The molecule has 1 aliphatic heterocycles. The van der Waals surface area contributed by atoms with Crippen molar-refractivity contribution >= 4 is 44.8 Å². The monoisotopic (exact) mass is 486 g/mol. The van der Waals surface area contributed by atoms with Crippen LogP contribution in [-0.2, 0) is 30.7 Å². The van der Waals surface area contributed by atoms with E-state index < -0.39 is 40.0 Å². The fourth-order valence-corrected chi connectivity index (χ4v) is 4.96. The van der Waals surface area contributed by atoms with Gasteiger partial charge in [0.05, 0.1) is 10.6 Å². The molecule has 1 saturated heterocycles.